The minimum absolute atomic E-state index is 0.00639. The minimum atomic E-state index is -4.50. The van der Waals surface area contributed by atoms with Gasteiger partial charge >= 0.3 is 6.18 Å². The van der Waals surface area contributed by atoms with E-state index >= 15 is 0 Å². The van der Waals surface area contributed by atoms with E-state index in [4.69, 9.17) is 11.6 Å². The smallest absolute Gasteiger partial charge is 0.232 e. The highest BCUT2D eigenvalue weighted by atomic mass is 35.5. The van der Waals surface area contributed by atoms with Crippen molar-refractivity contribution in [1.29, 1.82) is 0 Å². The zero-order chi connectivity index (χ0) is 18.6. The summed E-state index contributed by atoms with van der Waals surface area (Å²) in [5.74, 6) is 0.349. The number of hydrogen-bond donors (Lipinski definition) is 0. The molecule has 1 aliphatic rings. The van der Waals surface area contributed by atoms with Crippen LogP contribution in [-0.2, 0) is 6.18 Å². The highest BCUT2D eigenvalue weighted by molar-refractivity contribution is 6.31. The molecule has 1 aromatic carbocycles. The maximum Gasteiger partial charge on any atom is 0.418 e. The van der Waals surface area contributed by atoms with Gasteiger partial charge in [0.05, 0.1) is 22.5 Å². The summed E-state index contributed by atoms with van der Waals surface area (Å²) < 4.78 is 42.5. The molecule has 26 heavy (non-hydrogen) atoms. The molecular weight excluding hydrogens is 361 g/mol. The number of aromatic nitrogens is 2. The molecular formula is C20H16ClF3N2. The number of alkyl halides is 3. The van der Waals surface area contributed by atoms with Crippen LogP contribution >= 0.6 is 11.6 Å². The monoisotopic (exact) mass is 376 g/mol. The van der Waals surface area contributed by atoms with Crippen LogP contribution in [0.4, 0.5) is 13.2 Å². The molecule has 3 aromatic rings. The van der Waals surface area contributed by atoms with Crippen LogP contribution in [0.2, 0.25) is 5.02 Å². The average molecular weight is 377 g/mol. The Balaban J connectivity index is 2.05. The summed E-state index contributed by atoms with van der Waals surface area (Å²) >= 11 is 6.27. The lowest BCUT2D eigenvalue weighted by Crippen LogP contribution is -2.11. The van der Waals surface area contributed by atoms with Crippen molar-refractivity contribution in [3.8, 4) is 11.3 Å². The molecule has 2 heterocycles. The van der Waals surface area contributed by atoms with Crippen LogP contribution < -0.4 is 0 Å². The summed E-state index contributed by atoms with van der Waals surface area (Å²) in [6.07, 6.45) is -0.845. The summed E-state index contributed by atoms with van der Waals surface area (Å²) in [4.78, 5) is 0. The Hall–Kier alpha value is -2.27. The number of nitrogens with zero attached hydrogens (tertiary/aromatic N) is 2. The molecule has 1 saturated carbocycles. The summed E-state index contributed by atoms with van der Waals surface area (Å²) in [6, 6.07) is 7.69. The van der Waals surface area contributed by atoms with Gasteiger partial charge in [0.15, 0.2) is 0 Å². The molecule has 2 aromatic heterocycles. The van der Waals surface area contributed by atoms with Crippen LogP contribution in [0, 0.1) is 6.92 Å². The normalized spacial score (nSPS) is 14.8. The molecule has 6 heteroatoms. The fourth-order valence-electron chi connectivity index (χ4n) is 3.21. The van der Waals surface area contributed by atoms with Gasteiger partial charge < -0.3 is 0 Å². The number of fused-ring (bicyclic) bond motifs is 1. The SMILES string of the molecule is C=Cc1cc(-c2c(C(F)(F)F)ccc3cc(C4CC4)nn23)cc(Cl)c1C. The average Bonchev–Trinajstić information content (AvgIpc) is 3.34. The predicted octanol–water partition coefficient (Wildman–Crippen LogP) is 6.50. The van der Waals surface area contributed by atoms with Crippen molar-refractivity contribution in [3.63, 3.8) is 0 Å². The van der Waals surface area contributed by atoms with Crippen molar-refractivity contribution >= 4 is 23.2 Å². The van der Waals surface area contributed by atoms with E-state index in [1.165, 1.54) is 10.6 Å². The van der Waals surface area contributed by atoms with E-state index < -0.39 is 11.7 Å². The summed E-state index contributed by atoms with van der Waals surface area (Å²) in [6.45, 7) is 5.55. The molecule has 4 rings (SSSR count). The van der Waals surface area contributed by atoms with Gasteiger partial charge in [-0.3, -0.25) is 0 Å². The first-order valence-corrected chi connectivity index (χ1v) is 8.70. The molecule has 0 aliphatic heterocycles. The maximum atomic E-state index is 13.7. The van der Waals surface area contributed by atoms with Crippen LogP contribution in [0.25, 0.3) is 22.9 Å². The Morgan fingerprint density at radius 1 is 1.23 bits per heavy atom. The summed E-state index contributed by atoms with van der Waals surface area (Å²) in [5.41, 5.74) is 2.62. The fourth-order valence-corrected chi connectivity index (χ4v) is 3.43. The predicted molar refractivity (Wildman–Crippen MR) is 97.4 cm³/mol. The molecule has 134 valence electrons. The lowest BCUT2D eigenvalue weighted by Gasteiger charge is -2.16. The molecule has 0 amide bonds. The van der Waals surface area contributed by atoms with Crippen LogP contribution in [-0.4, -0.2) is 9.61 Å². The molecule has 1 aliphatic carbocycles. The van der Waals surface area contributed by atoms with Gasteiger partial charge in [-0.25, -0.2) is 4.52 Å². The Morgan fingerprint density at radius 2 is 1.96 bits per heavy atom. The molecule has 0 unspecified atom stereocenters. The molecule has 0 radical (unpaired) electrons. The largest absolute Gasteiger partial charge is 0.418 e. The maximum absolute atomic E-state index is 13.7. The molecule has 0 atom stereocenters. The summed E-state index contributed by atoms with van der Waals surface area (Å²) in [5, 5.41) is 4.88. The van der Waals surface area contributed by atoms with Gasteiger partial charge in [0, 0.05) is 16.5 Å². The standard InChI is InChI=1S/C20H16ClF3N2/c1-3-12-8-14(9-17(21)11(12)2)19-16(20(22,23)24)7-6-15-10-18(13-4-5-13)25-26(15)19/h3,6-10,13H,1,4-5H2,2H3. The van der Waals surface area contributed by atoms with Gasteiger partial charge in [0.25, 0.3) is 0 Å². The molecule has 1 fully saturated rings. The van der Waals surface area contributed by atoms with Crippen LogP contribution in [0.5, 0.6) is 0 Å². The third kappa shape index (κ3) is 2.80. The first-order valence-electron chi connectivity index (χ1n) is 8.32. The van der Waals surface area contributed by atoms with E-state index in [0.29, 0.717) is 27.6 Å². The zero-order valence-electron chi connectivity index (χ0n) is 14.1. The van der Waals surface area contributed by atoms with Gasteiger partial charge in [-0.15, -0.1) is 0 Å². The van der Waals surface area contributed by atoms with Gasteiger partial charge in [-0.2, -0.15) is 18.3 Å². The zero-order valence-corrected chi connectivity index (χ0v) is 14.8. The van der Waals surface area contributed by atoms with Gasteiger partial charge in [-0.1, -0.05) is 24.3 Å². The Bertz CT molecular complexity index is 1030. The van der Waals surface area contributed by atoms with E-state index in [9.17, 15) is 13.2 Å². The van der Waals surface area contributed by atoms with Gasteiger partial charge in [-0.05, 0) is 61.2 Å². The van der Waals surface area contributed by atoms with E-state index in [1.54, 1.807) is 18.2 Å². The van der Waals surface area contributed by atoms with E-state index in [2.05, 4.69) is 11.7 Å². The fraction of sp³-hybridized carbons (Fsp3) is 0.250. The molecule has 2 nitrogen and oxygen atoms in total. The molecule has 0 bridgehead atoms. The van der Waals surface area contributed by atoms with E-state index in [-0.39, 0.29) is 5.69 Å². The topological polar surface area (TPSA) is 17.3 Å². The van der Waals surface area contributed by atoms with Gasteiger partial charge in [0.1, 0.15) is 0 Å². The Morgan fingerprint density at radius 3 is 2.58 bits per heavy atom. The van der Waals surface area contributed by atoms with Crippen LogP contribution in [0.3, 0.4) is 0 Å². The van der Waals surface area contributed by atoms with Crippen molar-refractivity contribution < 1.29 is 13.2 Å². The van der Waals surface area contributed by atoms with Gasteiger partial charge in [0.2, 0.25) is 0 Å². The number of halogens is 4. The van der Waals surface area contributed by atoms with Crippen molar-refractivity contribution in [2.24, 2.45) is 0 Å². The second-order valence-corrected chi connectivity index (χ2v) is 7.06. The third-order valence-corrected chi connectivity index (χ3v) is 5.21. The lowest BCUT2D eigenvalue weighted by molar-refractivity contribution is -0.137. The highest BCUT2D eigenvalue weighted by Gasteiger charge is 2.36. The number of pyridine rings is 1. The second kappa shape index (κ2) is 5.88. The first kappa shape index (κ1) is 17.2. The summed E-state index contributed by atoms with van der Waals surface area (Å²) in [7, 11) is 0. The number of hydrogen-bond acceptors (Lipinski definition) is 1. The van der Waals surface area contributed by atoms with Crippen molar-refractivity contribution in [3.05, 3.63) is 64.3 Å². The molecule has 0 spiro atoms. The van der Waals surface area contributed by atoms with Crippen molar-refractivity contribution in [1.82, 2.24) is 9.61 Å². The highest BCUT2D eigenvalue weighted by Crippen LogP contribution is 2.42. The van der Waals surface area contributed by atoms with Crippen LogP contribution in [0.15, 0.2) is 36.9 Å². The minimum Gasteiger partial charge on any atom is -0.232 e. The first-order chi connectivity index (χ1) is 12.3. The number of benzene rings is 1. The lowest BCUT2D eigenvalue weighted by atomic mass is 9.99. The second-order valence-electron chi connectivity index (χ2n) is 6.65. The van der Waals surface area contributed by atoms with E-state index in [0.717, 1.165) is 30.2 Å². The van der Waals surface area contributed by atoms with E-state index in [1.807, 2.05) is 13.0 Å². The van der Waals surface area contributed by atoms with Crippen molar-refractivity contribution in [2.75, 3.05) is 0 Å². The van der Waals surface area contributed by atoms with Crippen LogP contribution in [0.1, 0.15) is 41.1 Å². The Labute approximate surface area is 153 Å². The van der Waals surface area contributed by atoms with Crippen molar-refractivity contribution in [2.45, 2.75) is 31.9 Å². The number of rotatable bonds is 3. The third-order valence-electron chi connectivity index (χ3n) is 4.82. The molecule has 0 N–H and O–H groups in total. The quantitative estimate of drug-likeness (QED) is 0.509. The Kier molecular flexibility index (Phi) is 3.88. The molecule has 0 saturated heterocycles.